The third-order valence-electron chi connectivity index (χ3n) is 2.46. The number of hydrogen-bond donors (Lipinski definition) is 1. The number of aromatic nitrogens is 1. The van der Waals surface area contributed by atoms with E-state index in [-0.39, 0.29) is 11.4 Å². The van der Waals surface area contributed by atoms with Crippen LogP contribution in [0.3, 0.4) is 0 Å². The summed E-state index contributed by atoms with van der Waals surface area (Å²) in [5.74, 6) is -0.0994. The summed E-state index contributed by atoms with van der Waals surface area (Å²) in [5, 5.41) is 3.72. The van der Waals surface area contributed by atoms with Gasteiger partial charge >= 0.3 is 0 Å². The molecule has 1 aromatic heterocycles. The first-order valence-corrected chi connectivity index (χ1v) is 6.91. The van der Waals surface area contributed by atoms with E-state index in [1.54, 1.807) is 18.5 Å². The molecule has 1 amide bonds. The number of alkyl halides is 1. The predicted octanol–water partition coefficient (Wildman–Crippen LogP) is 3.14. The largest absolute Gasteiger partial charge is 0.346 e. The Morgan fingerprint density at radius 2 is 2.25 bits per heavy atom. The maximum absolute atomic E-state index is 11.9. The van der Waals surface area contributed by atoms with Crippen LogP contribution in [-0.2, 0) is 0 Å². The Kier molecular flexibility index (Phi) is 4.92. The second-order valence-corrected chi connectivity index (χ2v) is 5.37. The fourth-order valence-electron chi connectivity index (χ4n) is 1.10. The van der Waals surface area contributed by atoms with E-state index in [0.29, 0.717) is 5.56 Å². The molecule has 0 aromatic carbocycles. The highest BCUT2D eigenvalue weighted by Gasteiger charge is 2.23. The van der Waals surface area contributed by atoms with Crippen LogP contribution < -0.4 is 5.32 Å². The number of amides is 1. The molecule has 0 aliphatic carbocycles. The summed E-state index contributed by atoms with van der Waals surface area (Å²) in [6, 6.07) is 1.76. The molecule has 1 unspecified atom stereocenters. The number of nitrogens with zero attached hydrogens (tertiary/aromatic N) is 1. The van der Waals surface area contributed by atoms with Crippen molar-refractivity contribution in [3.63, 3.8) is 0 Å². The van der Waals surface area contributed by atoms with Crippen LogP contribution in [0, 0.1) is 0 Å². The fourth-order valence-corrected chi connectivity index (χ4v) is 2.00. The summed E-state index contributed by atoms with van der Waals surface area (Å²) < 4.78 is 0.803. The molecule has 1 rings (SSSR count). The van der Waals surface area contributed by atoms with Crippen LogP contribution in [0.15, 0.2) is 22.9 Å². The fraction of sp³-hybridized carbons (Fsp3) is 0.455. The summed E-state index contributed by atoms with van der Waals surface area (Å²) >= 11 is 6.70. The van der Waals surface area contributed by atoms with Gasteiger partial charge in [-0.25, -0.2) is 0 Å². The van der Waals surface area contributed by atoms with Gasteiger partial charge in [-0.2, -0.15) is 0 Å². The zero-order valence-electron chi connectivity index (χ0n) is 9.26. The molecule has 5 heteroatoms. The molecular weight excluding hydrogens is 336 g/mol. The molecule has 3 nitrogen and oxygen atoms in total. The summed E-state index contributed by atoms with van der Waals surface area (Å²) in [6.45, 7) is 4.05. The van der Waals surface area contributed by atoms with Crippen LogP contribution in [0.1, 0.15) is 30.6 Å². The lowest BCUT2D eigenvalue weighted by molar-refractivity contribution is 0.0913. The molecule has 0 spiro atoms. The predicted molar refractivity (Wildman–Crippen MR) is 71.9 cm³/mol. The van der Waals surface area contributed by atoms with Crippen LogP contribution in [0.4, 0.5) is 0 Å². The smallest absolute Gasteiger partial charge is 0.253 e. The zero-order chi connectivity index (χ0) is 12.2. The normalized spacial score (nSPS) is 14.2. The average Bonchev–Trinajstić information content (AvgIpc) is 2.29. The van der Waals surface area contributed by atoms with E-state index in [4.69, 9.17) is 0 Å². The van der Waals surface area contributed by atoms with E-state index in [1.165, 1.54) is 0 Å². The minimum Gasteiger partial charge on any atom is -0.346 e. The lowest BCUT2D eigenvalue weighted by atomic mass is 10.0. The quantitative estimate of drug-likeness (QED) is 0.848. The molecule has 1 N–H and O–H groups in total. The number of carbonyl (C=O) groups excluding carboxylic acids is 1. The number of carbonyl (C=O) groups is 1. The molecular formula is C11H14Br2N2O. The molecule has 1 atom stereocenters. The molecule has 0 saturated carbocycles. The molecule has 0 bridgehead atoms. The van der Waals surface area contributed by atoms with Gasteiger partial charge in [-0.1, -0.05) is 22.9 Å². The lowest BCUT2D eigenvalue weighted by Gasteiger charge is -2.27. The van der Waals surface area contributed by atoms with Crippen molar-refractivity contribution < 1.29 is 4.79 Å². The van der Waals surface area contributed by atoms with Crippen LogP contribution in [0.5, 0.6) is 0 Å². The van der Waals surface area contributed by atoms with E-state index >= 15 is 0 Å². The third kappa shape index (κ3) is 3.56. The first-order valence-electron chi connectivity index (χ1n) is 5.00. The van der Waals surface area contributed by atoms with Gasteiger partial charge in [0, 0.05) is 27.7 Å². The monoisotopic (exact) mass is 348 g/mol. The maximum atomic E-state index is 11.9. The summed E-state index contributed by atoms with van der Waals surface area (Å²) in [6.07, 6.45) is 4.08. The number of nitrogens with one attached hydrogen (secondary N) is 1. The van der Waals surface area contributed by atoms with Crippen LogP contribution >= 0.6 is 31.9 Å². The first-order chi connectivity index (χ1) is 7.50. The highest BCUT2D eigenvalue weighted by Crippen LogP contribution is 2.15. The van der Waals surface area contributed by atoms with Gasteiger partial charge in [0.15, 0.2) is 0 Å². The Hall–Kier alpha value is -0.420. The Morgan fingerprint density at radius 3 is 2.75 bits per heavy atom. The SMILES string of the molecule is CCC(C)(CBr)NC(=O)c1cncc(Br)c1. The van der Waals surface area contributed by atoms with Gasteiger partial charge in [-0.15, -0.1) is 0 Å². The number of halogens is 2. The molecule has 0 fully saturated rings. The van der Waals surface area contributed by atoms with Gasteiger partial charge in [-0.3, -0.25) is 9.78 Å². The van der Waals surface area contributed by atoms with Crippen molar-refractivity contribution in [1.82, 2.24) is 10.3 Å². The molecule has 0 saturated heterocycles. The summed E-state index contributed by atoms with van der Waals surface area (Å²) in [7, 11) is 0. The lowest BCUT2D eigenvalue weighted by Crippen LogP contribution is -2.46. The third-order valence-corrected chi connectivity index (χ3v) is 4.13. The maximum Gasteiger partial charge on any atom is 0.253 e. The number of hydrogen-bond acceptors (Lipinski definition) is 2. The second-order valence-electron chi connectivity index (χ2n) is 3.89. The van der Waals surface area contributed by atoms with E-state index in [2.05, 4.69) is 42.2 Å². The highest BCUT2D eigenvalue weighted by atomic mass is 79.9. The van der Waals surface area contributed by atoms with E-state index in [9.17, 15) is 4.79 Å². The van der Waals surface area contributed by atoms with E-state index in [1.807, 2.05) is 13.8 Å². The number of pyridine rings is 1. The van der Waals surface area contributed by atoms with Crippen molar-refractivity contribution in [3.05, 3.63) is 28.5 Å². The molecule has 1 heterocycles. The summed E-state index contributed by atoms with van der Waals surface area (Å²) in [4.78, 5) is 15.9. The highest BCUT2D eigenvalue weighted by molar-refractivity contribution is 9.10. The van der Waals surface area contributed by atoms with Gasteiger partial charge in [-0.05, 0) is 35.3 Å². The van der Waals surface area contributed by atoms with Crippen molar-refractivity contribution in [2.75, 3.05) is 5.33 Å². The van der Waals surface area contributed by atoms with E-state index < -0.39 is 0 Å². The molecule has 88 valence electrons. The average molecular weight is 350 g/mol. The zero-order valence-corrected chi connectivity index (χ0v) is 12.4. The second kappa shape index (κ2) is 5.77. The first kappa shape index (κ1) is 13.6. The minimum atomic E-state index is -0.223. The number of rotatable bonds is 4. The van der Waals surface area contributed by atoms with Crippen molar-refractivity contribution in [2.45, 2.75) is 25.8 Å². The molecule has 16 heavy (non-hydrogen) atoms. The van der Waals surface area contributed by atoms with Crippen LogP contribution in [0.25, 0.3) is 0 Å². The van der Waals surface area contributed by atoms with Crippen molar-refractivity contribution in [3.8, 4) is 0 Å². The topological polar surface area (TPSA) is 42.0 Å². The van der Waals surface area contributed by atoms with Crippen molar-refractivity contribution >= 4 is 37.8 Å². The van der Waals surface area contributed by atoms with E-state index in [0.717, 1.165) is 16.2 Å². The minimum absolute atomic E-state index is 0.0994. The molecule has 0 radical (unpaired) electrons. The Bertz CT molecular complexity index is 378. The molecule has 0 aliphatic rings. The van der Waals surface area contributed by atoms with Gasteiger partial charge in [0.05, 0.1) is 5.56 Å². The Labute approximate surface area is 112 Å². The molecule has 0 aliphatic heterocycles. The summed E-state index contributed by atoms with van der Waals surface area (Å²) in [5.41, 5.74) is 0.342. The van der Waals surface area contributed by atoms with Gasteiger partial charge in [0.25, 0.3) is 5.91 Å². The van der Waals surface area contributed by atoms with Crippen molar-refractivity contribution in [1.29, 1.82) is 0 Å². The van der Waals surface area contributed by atoms with Gasteiger partial charge in [0.2, 0.25) is 0 Å². The molecule has 1 aromatic rings. The standard InChI is InChI=1S/C11H14Br2N2O/c1-3-11(2,7-12)15-10(16)8-4-9(13)6-14-5-8/h4-6H,3,7H2,1-2H3,(H,15,16). The van der Waals surface area contributed by atoms with Gasteiger partial charge in [0.1, 0.15) is 0 Å². The van der Waals surface area contributed by atoms with Crippen molar-refractivity contribution in [2.24, 2.45) is 0 Å². The Balaban J connectivity index is 2.80. The van der Waals surface area contributed by atoms with Crippen LogP contribution in [0.2, 0.25) is 0 Å². The van der Waals surface area contributed by atoms with Gasteiger partial charge < -0.3 is 5.32 Å². The van der Waals surface area contributed by atoms with Crippen LogP contribution in [-0.4, -0.2) is 21.8 Å². The Morgan fingerprint density at radius 1 is 1.56 bits per heavy atom.